The molecule has 0 fully saturated rings. The second kappa shape index (κ2) is 6.70. The Morgan fingerprint density at radius 2 is 1.95 bits per heavy atom. The molecule has 0 spiro atoms. The third kappa shape index (κ3) is 3.48. The molecule has 0 aliphatic rings. The molecule has 0 unspecified atom stereocenters. The first-order valence-electron chi connectivity index (χ1n) is 6.62. The van der Waals surface area contributed by atoms with E-state index in [1.54, 1.807) is 4.57 Å². The van der Waals surface area contributed by atoms with Crippen molar-refractivity contribution in [2.45, 2.75) is 26.8 Å². The SMILES string of the molecule is Cc1nc(=O)n(CCCNc2ccccc2)c(C)c1Br. The van der Waals surface area contributed by atoms with Gasteiger partial charge in [-0.25, -0.2) is 4.79 Å². The summed E-state index contributed by atoms with van der Waals surface area (Å²) in [7, 11) is 0. The topological polar surface area (TPSA) is 46.9 Å². The fourth-order valence-corrected chi connectivity index (χ4v) is 2.37. The van der Waals surface area contributed by atoms with Crippen LogP contribution >= 0.6 is 15.9 Å². The van der Waals surface area contributed by atoms with Gasteiger partial charge in [0.25, 0.3) is 0 Å². The van der Waals surface area contributed by atoms with Crippen LogP contribution in [0.2, 0.25) is 0 Å². The lowest BCUT2D eigenvalue weighted by Gasteiger charge is -2.12. The van der Waals surface area contributed by atoms with E-state index in [9.17, 15) is 4.79 Å². The maximum atomic E-state index is 11.9. The van der Waals surface area contributed by atoms with Crippen LogP contribution in [0.5, 0.6) is 0 Å². The Labute approximate surface area is 127 Å². The van der Waals surface area contributed by atoms with E-state index in [0.29, 0.717) is 6.54 Å². The minimum atomic E-state index is -0.178. The molecular formula is C15H18BrN3O. The highest BCUT2D eigenvalue weighted by Gasteiger charge is 2.08. The van der Waals surface area contributed by atoms with Gasteiger partial charge in [-0.15, -0.1) is 0 Å². The first kappa shape index (κ1) is 14.8. The number of nitrogens with zero attached hydrogens (tertiary/aromatic N) is 2. The Morgan fingerprint density at radius 1 is 1.25 bits per heavy atom. The van der Waals surface area contributed by atoms with Crippen LogP contribution in [0.15, 0.2) is 39.6 Å². The van der Waals surface area contributed by atoms with E-state index in [1.807, 2.05) is 44.2 Å². The largest absolute Gasteiger partial charge is 0.385 e. The second-order valence-electron chi connectivity index (χ2n) is 4.68. The highest BCUT2D eigenvalue weighted by molar-refractivity contribution is 9.10. The molecule has 5 heteroatoms. The van der Waals surface area contributed by atoms with Gasteiger partial charge in [0.15, 0.2) is 0 Å². The van der Waals surface area contributed by atoms with Crippen molar-refractivity contribution in [2.24, 2.45) is 0 Å². The summed E-state index contributed by atoms with van der Waals surface area (Å²) in [5.74, 6) is 0. The van der Waals surface area contributed by atoms with Crippen LogP contribution in [0.3, 0.4) is 0 Å². The minimum absolute atomic E-state index is 0.178. The molecule has 4 nitrogen and oxygen atoms in total. The molecule has 0 aliphatic carbocycles. The van der Waals surface area contributed by atoms with Crippen molar-refractivity contribution in [2.75, 3.05) is 11.9 Å². The highest BCUT2D eigenvalue weighted by Crippen LogP contribution is 2.16. The molecule has 0 amide bonds. The van der Waals surface area contributed by atoms with Gasteiger partial charge in [-0.2, -0.15) is 4.98 Å². The summed E-state index contributed by atoms with van der Waals surface area (Å²) in [6.45, 7) is 5.25. The van der Waals surface area contributed by atoms with Gasteiger partial charge in [0, 0.05) is 24.5 Å². The molecular weight excluding hydrogens is 318 g/mol. The molecule has 106 valence electrons. The quantitative estimate of drug-likeness (QED) is 0.854. The first-order chi connectivity index (χ1) is 9.59. The monoisotopic (exact) mass is 335 g/mol. The Bertz CT molecular complexity index is 638. The molecule has 0 radical (unpaired) electrons. The van der Waals surface area contributed by atoms with Crippen molar-refractivity contribution in [3.8, 4) is 0 Å². The summed E-state index contributed by atoms with van der Waals surface area (Å²) >= 11 is 3.47. The standard InChI is InChI=1S/C15H18BrN3O/c1-11-14(16)12(2)19(15(20)18-11)10-6-9-17-13-7-4-3-5-8-13/h3-5,7-8,17H,6,9-10H2,1-2H3. The van der Waals surface area contributed by atoms with Crippen molar-refractivity contribution in [3.63, 3.8) is 0 Å². The molecule has 1 N–H and O–H groups in total. The number of aromatic nitrogens is 2. The van der Waals surface area contributed by atoms with Crippen molar-refractivity contribution in [3.05, 3.63) is 56.7 Å². The zero-order chi connectivity index (χ0) is 14.5. The Hall–Kier alpha value is -1.62. The van der Waals surface area contributed by atoms with Crippen LogP contribution in [0, 0.1) is 13.8 Å². The maximum absolute atomic E-state index is 11.9. The predicted molar refractivity (Wildman–Crippen MR) is 85.2 cm³/mol. The van der Waals surface area contributed by atoms with Gasteiger partial charge >= 0.3 is 5.69 Å². The van der Waals surface area contributed by atoms with Gasteiger partial charge in [-0.3, -0.25) is 4.57 Å². The summed E-state index contributed by atoms with van der Waals surface area (Å²) in [4.78, 5) is 15.9. The summed E-state index contributed by atoms with van der Waals surface area (Å²) in [5.41, 5.74) is 2.59. The molecule has 1 heterocycles. The first-order valence-corrected chi connectivity index (χ1v) is 7.41. The van der Waals surface area contributed by atoms with Gasteiger partial charge < -0.3 is 5.32 Å². The van der Waals surface area contributed by atoms with Crippen LogP contribution in [-0.4, -0.2) is 16.1 Å². The lowest BCUT2D eigenvalue weighted by Crippen LogP contribution is -2.27. The highest BCUT2D eigenvalue weighted by atomic mass is 79.9. The minimum Gasteiger partial charge on any atom is -0.385 e. The van der Waals surface area contributed by atoms with Crippen molar-refractivity contribution in [1.82, 2.24) is 9.55 Å². The smallest absolute Gasteiger partial charge is 0.348 e. The predicted octanol–water partition coefficient (Wildman–Crippen LogP) is 3.12. The number of rotatable bonds is 5. The number of nitrogens with one attached hydrogen (secondary N) is 1. The third-order valence-electron chi connectivity index (χ3n) is 3.20. The zero-order valence-electron chi connectivity index (χ0n) is 11.7. The number of hydrogen-bond acceptors (Lipinski definition) is 3. The number of aryl methyl sites for hydroxylation is 1. The van der Waals surface area contributed by atoms with Crippen molar-refractivity contribution in [1.29, 1.82) is 0 Å². The molecule has 0 bridgehead atoms. The van der Waals surface area contributed by atoms with Gasteiger partial charge in [0.05, 0.1) is 10.2 Å². The Kier molecular flexibility index (Phi) is 4.95. The molecule has 2 rings (SSSR count). The molecule has 0 saturated heterocycles. The van der Waals surface area contributed by atoms with E-state index < -0.39 is 0 Å². The van der Waals surface area contributed by atoms with Gasteiger partial charge in [-0.05, 0) is 48.3 Å². The Morgan fingerprint density at radius 3 is 2.65 bits per heavy atom. The van der Waals surface area contributed by atoms with Crippen LogP contribution in [0.4, 0.5) is 5.69 Å². The van der Waals surface area contributed by atoms with Crippen LogP contribution in [0.1, 0.15) is 17.8 Å². The summed E-state index contributed by atoms with van der Waals surface area (Å²) in [5, 5.41) is 3.33. The van der Waals surface area contributed by atoms with Crippen molar-refractivity contribution >= 4 is 21.6 Å². The fraction of sp³-hybridized carbons (Fsp3) is 0.333. The van der Waals surface area contributed by atoms with Crippen LogP contribution in [0.25, 0.3) is 0 Å². The summed E-state index contributed by atoms with van der Waals surface area (Å²) in [6, 6.07) is 10.0. The molecule has 0 saturated carbocycles. The van der Waals surface area contributed by atoms with Gasteiger partial charge in [-0.1, -0.05) is 18.2 Å². The van der Waals surface area contributed by atoms with E-state index >= 15 is 0 Å². The average Bonchev–Trinajstić information content (AvgIpc) is 2.45. The second-order valence-corrected chi connectivity index (χ2v) is 5.47. The number of hydrogen-bond donors (Lipinski definition) is 1. The molecule has 1 aromatic heterocycles. The lowest BCUT2D eigenvalue weighted by molar-refractivity contribution is 0.599. The molecule has 1 aromatic carbocycles. The molecule has 2 aromatic rings. The van der Waals surface area contributed by atoms with E-state index in [4.69, 9.17) is 0 Å². The molecule has 20 heavy (non-hydrogen) atoms. The van der Waals surface area contributed by atoms with Gasteiger partial charge in [0.1, 0.15) is 0 Å². The zero-order valence-corrected chi connectivity index (χ0v) is 13.3. The number of para-hydroxylation sites is 1. The number of benzene rings is 1. The normalized spacial score (nSPS) is 10.6. The summed E-state index contributed by atoms with van der Waals surface area (Å²) < 4.78 is 2.62. The maximum Gasteiger partial charge on any atom is 0.348 e. The lowest BCUT2D eigenvalue weighted by atomic mass is 10.3. The van der Waals surface area contributed by atoms with E-state index in [-0.39, 0.29) is 5.69 Å². The van der Waals surface area contributed by atoms with E-state index in [2.05, 4.69) is 26.2 Å². The Balaban J connectivity index is 1.95. The average molecular weight is 336 g/mol. The van der Waals surface area contributed by atoms with E-state index in [0.717, 1.165) is 34.5 Å². The summed E-state index contributed by atoms with van der Waals surface area (Å²) in [6.07, 6.45) is 0.868. The molecule has 0 aliphatic heterocycles. The number of halogens is 1. The van der Waals surface area contributed by atoms with Crippen LogP contribution < -0.4 is 11.0 Å². The van der Waals surface area contributed by atoms with Crippen LogP contribution in [-0.2, 0) is 6.54 Å². The third-order valence-corrected chi connectivity index (χ3v) is 4.34. The number of anilines is 1. The molecule has 0 atom stereocenters. The van der Waals surface area contributed by atoms with Crippen molar-refractivity contribution < 1.29 is 0 Å². The van der Waals surface area contributed by atoms with Gasteiger partial charge in [0.2, 0.25) is 0 Å². The fourth-order valence-electron chi connectivity index (χ4n) is 2.07. The van der Waals surface area contributed by atoms with E-state index in [1.165, 1.54) is 0 Å².